The predicted molar refractivity (Wildman–Crippen MR) is 75.1 cm³/mol. The largest absolute Gasteiger partial charge is 0.453 e. The summed E-state index contributed by atoms with van der Waals surface area (Å²) in [4.78, 5) is 0. The molecule has 0 heterocycles. The van der Waals surface area contributed by atoms with Crippen molar-refractivity contribution in [3.63, 3.8) is 0 Å². The Kier molecular flexibility index (Phi) is 4.08. The summed E-state index contributed by atoms with van der Waals surface area (Å²) in [5.41, 5.74) is 1.16. The van der Waals surface area contributed by atoms with Gasteiger partial charge in [0.2, 0.25) is 0 Å². The summed E-state index contributed by atoms with van der Waals surface area (Å²) >= 11 is 9.01. The van der Waals surface area contributed by atoms with E-state index >= 15 is 0 Å². The molecule has 0 bridgehead atoms. The summed E-state index contributed by atoms with van der Waals surface area (Å²) in [7, 11) is 0. The van der Waals surface area contributed by atoms with Crippen LogP contribution in [0, 0.1) is 24.1 Å². The van der Waals surface area contributed by atoms with Gasteiger partial charge in [0.15, 0.2) is 11.6 Å². The highest BCUT2D eigenvalue weighted by Gasteiger charge is 2.14. The molecule has 5 heteroatoms. The predicted octanol–water partition coefficient (Wildman–Crippen LogP) is 5.21. The molecule has 2 aromatic rings. The van der Waals surface area contributed by atoms with E-state index in [0.29, 0.717) is 10.8 Å². The number of ether oxygens (including phenoxy) is 1. The molecule has 2 aromatic carbocycles. The third kappa shape index (κ3) is 2.89. The fourth-order valence-corrected chi connectivity index (χ4v) is 2.08. The van der Waals surface area contributed by atoms with E-state index in [1.54, 1.807) is 12.1 Å². The molecule has 0 unspecified atom stereocenters. The highest BCUT2D eigenvalue weighted by Crippen LogP contribution is 2.34. The van der Waals surface area contributed by atoms with Crippen LogP contribution in [-0.2, 0) is 0 Å². The maximum atomic E-state index is 14.0. The quantitative estimate of drug-likeness (QED) is 0.751. The van der Waals surface area contributed by atoms with Crippen molar-refractivity contribution >= 4 is 27.5 Å². The lowest BCUT2D eigenvalue weighted by atomic mass is 10.2. The van der Waals surface area contributed by atoms with Crippen LogP contribution < -0.4 is 4.74 Å². The molecule has 0 N–H and O–H groups in total. The number of hydrogen-bond donors (Lipinski definition) is 0. The van der Waals surface area contributed by atoms with Crippen LogP contribution in [0.3, 0.4) is 0 Å². The van der Waals surface area contributed by atoms with Crippen molar-refractivity contribution in [2.75, 3.05) is 0 Å². The molecular formula is C14H8BrClFNO. The van der Waals surface area contributed by atoms with Gasteiger partial charge < -0.3 is 4.74 Å². The molecule has 0 saturated heterocycles. The highest BCUT2D eigenvalue weighted by molar-refractivity contribution is 9.10. The summed E-state index contributed by atoms with van der Waals surface area (Å²) in [6.07, 6.45) is 0. The van der Waals surface area contributed by atoms with E-state index in [2.05, 4.69) is 15.9 Å². The van der Waals surface area contributed by atoms with E-state index in [1.807, 2.05) is 19.1 Å². The first-order chi connectivity index (χ1) is 9.02. The zero-order valence-electron chi connectivity index (χ0n) is 9.88. The second-order valence-corrected chi connectivity index (χ2v) is 5.09. The molecule has 2 nitrogen and oxygen atoms in total. The Morgan fingerprint density at radius 2 is 2.00 bits per heavy atom. The van der Waals surface area contributed by atoms with Gasteiger partial charge >= 0.3 is 0 Å². The van der Waals surface area contributed by atoms with Gasteiger partial charge in [-0.15, -0.1) is 0 Å². The number of nitriles is 1. The van der Waals surface area contributed by atoms with Crippen molar-refractivity contribution in [3.8, 4) is 17.6 Å². The van der Waals surface area contributed by atoms with Crippen LogP contribution in [0.5, 0.6) is 11.5 Å². The molecule has 0 radical (unpaired) electrons. The van der Waals surface area contributed by atoms with Gasteiger partial charge in [0.05, 0.1) is 15.1 Å². The van der Waals surface area contributed by atoms with Gasteiger partial charge in [-0.2, -0.15) is 5.26 Å². The Morgan fingerprint density at radius 3 is 2.68 bits per heavy atom. The summed E-state index contributed by atoms with van der Waals surface area (Å²) in [6.45, 7) is 1.88. The van der Waals surface area contributed by atoms with E-state index in [9.17, 15) is 4.39 Å². The SMILES string of the molecule is Cc1ccc(Cl)c(Oc2ccc(C#N)c(Br)c2F)c1. The summed E-state index contributed by atoms with van der Waals surface area (Å²) in [5, 5.41) is 9.19. The number of rotatable bonds is 2. The lowest BCUT2D eigenvalue weighted by molar-refractivity contribution is 0.440. The Balaban J connectivity index is 2.42. The molecular weight excluding hydrogens is 333 g/mol. The first kappa shape index (κ1) is 13.9. The smallest absolute Gasteiger partial charge is 0.181 e. The zero-order valence-corrected chi connectivity index (χ0v) is 12.2. The number of halogens is 3. The fourth-order valence-electron chi connectivity index (χ4n) is 1.50. The average Bonchev–Trinajstić information content (AvgIpc) is 2.39. The number of nitrogens with zero attached hydrogens (tertiary/aromatic N) is 1. The van der Waals surface area contributed by atoms with Crippen molar-refractivity contribution < 1.29 is 9.13 Å². The average molecular weight is 341 g/mol. The van der Waals surface area contributed by atoms with Crippen LogP contribution in [0.2, 0.25) is 5.02 Å². The van der Waals surface area contributed by atoms with Crippen molar-refractivity contribution in [2.24, 2.45) is 0 Å². The van der Waals surface area contributed by atoms with Crippen molar-refractivity contribution in [3.05, 3.63) is 56.8 Å². The summed E-state index contributed by atoms with van der Waals surface area (Å²) in [6, 6.07) is 9.99. The first-order valence-corrected chi connectivity index (χ1v) is 6.52. The van der Waals surface area contributed by atoms with Crippen molar-refractivity contribution in [2.45, 2.75) is 6.92 Å². The first-order valence-electron chi connectivity index (χ1n) is 5.35. The maximum absolute atomic E-state index is 14.0. The third-order valence-electron chi connectivity index (χ3n) is 2.47. The minimum Gasteiger partial charge on any atom is -0.453 e. The number of aryl methyl sites for hydroxylation is 1. The highest BCUT2D eigenvalue weighted by atomic mass is 79.9. The Morgan fingerprint density at radius 1 is 1.26 bits per heavy atom. The van der Waals surface area contributed by atoms with Crippen LogP contribution in [0.4, 0.5) is 4.39 Å². The van der Waals surface area contributed by atoms with Crippen LogP contribution in [-0.4, -0.2) is 0 Å². The molecule has 0 spiro atoms. The van der Waals surface area contributed by atoms with Crippen LogP contribution in [0.25, 0.3) is 0 Å². The monoisotopic (exact) mass is 339 g/mol. The van der Waals surface area contributed by atoms with Gasteiger partial charge in [-0.3, -0.25) is 0 Å². The van der Waals surface area contributed by atoms with Crippen LogP contribution in [0.15, 0.2) is 34.8 Å². The van der Waals surface area contributed by atoms with Gasteiger partial charge in [0, 0.05) is 0 Å². The minimum absolute atomic E-state index is 0.0124. The molecule has 96 valence electrons. The Bertz CT molecular complexity index is 682. The molecule has 2 rings (SSSR count). The zero-order chi connectivity index (χ0) is 14.0. The van der Waals surface area contributed by atoms with Gasteiger partial charge in [-0.25, -0.2) is 4.39 Å². The van der Waals surface area contributed by atoms with Gasteiger partial charge in [0.1, 0.15) is 11.8 Å². The number of benzene rings is 2. The Hall–Kier alpha value is -1.57. The van der Waals surface area contributed by atoms with Gasteiger partial charge in [-0.05, 0) is 52.7 Å². The van der Waals surface area contributed by atoms with Crippen molar-refractivity contribution in [1.29, 1.82) is 5.26 Å². The van der Waals surface area contributed by atoms with E-state index in [4.69, 9.17) is 21.6 Å². The molecule has 0 fully saturated rings. The topological polar surface area (TPSA) is 33.0 Å². The summed E-state index contributed by atoms with van der Waals surface area (Å²) < 4.78 is 19.5. The molecule has 0 aliphatic rings. The van der Waals surface area contributed by atoms with E-state index < -0.39 is 5.82 Å². The molecule has 0 aromatic heterocycles. The molecule has 19 heavy (non-hydrogen) atoms. The van der Waals surface area contributed by atoms with Crippen molar-refractivity contribution in [1.82, 2.24) is 0 Å². The van der Waals surface area contributed by atoms with E-state index in [-0.39, 0.29) is 15.8 Å². The van der Waals surface area contributed by atoms with Crippen LogP contribution in [0.1, 0.15) is 11.1 Å². The lowest BCUT2D eigenvalue weighted by Crippen LogP contribution is -1.92. The molecule has 0 amide bonds. The van der Waals surface area contributed by atoms with Gasteiger partial charge in [-0.1, -0.05) is 17.7 Å². The molecule has 0 aliphatic carbocycles. The molecule has 0 saturated carbocycles. The third-order valence-corrected chi connectivity index (χ3v) is 3.56. The summed E-state index contributed by atoms with van der Waals surface area (Å²) in [5.74, 6) is -0.243. The van der Waals surface area contributed by atoms with E-state index in [1.165, 1.54) is 12.1 Å². The standard InChI is InChI=1S/C14H8BrClFNO/c1-8-2-4-10(16)12(6-8)19-11-5-3-9(7-18)13(15)14(11)17/h2-6H,1H3. The fraction of sp³-hybridized carbons (Fsp3) is 0.0714. The van der Waals surface area contributed by atoms with Gasteiger partial charge in [0.25, 0.3) is 0 Å². The second-order valence-electron chi connectivity index (χ2n) is 3.89. The van der Waals surface area contributed by atoms with Crippen LogP contribution >= 0.6 is 27.5 Å². The Labute approximate surface area is 123 Å². The van der Waals surface area contributed by atoms with E-state index in [0.717, 1.165) is 5.56 Å². The molecule has 0 aliphatic heterocycles. The minimum atomic E-state index is -0.628. The maximum Gasteiger partial charge on any atom is 0.181 e. The second kappa shape index (κ2) is 5.60. The number of hydrogen-bond acceptors (Lipinski definition) is 2. The molecule has 0 atom stereocenters. The normalized spacial score (nSPS) is 10.1. The lowest BCUT2D eigenvalue weighted by Gasteiger charge is -2.10.